The molecule has 0 aliphatic carbocycles. The van der Waals surface area contributed by atoms with Gasteiger partial charge >= 0.3 is 5.97 Å². The van der Waals surface area contributed by atoms with Crippen molar-refractivity contribution in [3.05, 3.63) is 27.9 Å². The Morgan fingerprint density at radius 1 is 1.36 bits per heavy atom. The van der Waals surface area contributed by atoms with Crippen LogP contribution in [0.2, 0.25) is 0 Å². The molecule has 1 aliphatic rings. The molecule has 1 aromatic heterocycles. The number of rotatable bonds is 3. The first kappa shape index (κ1) is 14.9. The van der Waals surface area contributed by atoms with E-state index in [1.807, 2.05) is 13.0 Å². The van der Waals surface area contributed by atoms with Crippen molar-refractivity contribution in [3.63, 3.8) is 0 Å². The highest BCUT2D eigenvalue weighted by Gasteiger charge is 2.23. The molecule has 2 aromatic rings. The third kappa shape index (κ3) is 2.56. The zero-order valence-corrected chi connectivity index (χ0v) is 13.6. The van der Waals surface area contributed by atoms with Crippen molar-refractivity contribution in [3.8, 4) is 22.8 Å². The molecule has 0 unspecified atom stereocenters. The lowest BCUT2D eigenvalue weighted by Crippen LogP contribution is -2.00. The largest absolute Gasteiger partial charge is 0.489 e. The molecule has 7 heteroatoms. The number of benzene rings is 1. The van der Waals surface area contributed by atoms with Crippen LogP contribution in [0.3, 0.4) is 0 Å². The van der Waals surface area contributed by atoms with Gasteiger partial charge in [-0.1, -0.05) is 6.92 Å². The maximum Gasteiger partial charge on any atom is 0.353 e. The van der Waals surface area contributed by atoms with Gasteiger partial charge in [-0.2, -0.15) is 5.10 Å². The summed E-state index contributed by atoms with van der Waals surface area (Å²) in [5.41, 5.74) is 2.43. The van der Waals surface area contributed by atoms with Gasteiger partial charge in [-0.15, -0.1) is 0 Å². The van der Waals surface area contributed by atoms with Crippen molar-refractivity contribution in [2.45, 2.75) is 19.8 Å². The molecule has 2 heterocycles. The summed E-state index contributed by atoms with van der Waals surface area (Å²) in [5, 5.41) is 15.7. The van der Waals surface area contributed by atoms with Crippen LogP contribution in [0.4, 0.5) is 0 Å². The number of carboxylic acid groups (broad SMARTS) is 1. The Labute approximate surface area is 135 Å². The molecular formula is C15H15BrN2O4. The Kier molecular flexibility index (Phi) is 4.06. The normalized spacial score (nSPS) is 13.7. The van der Waals surface area contributed by atoms with E-state index < -0.39 is 5.97 Å². The van der Waals surface area contributed by atoms with Gasteiger partial charge in [0, 0.05) is 17.5 Å². The quantitative estimate of drug-likeness (QED) is 0.870. The summed E-state index contributed by atoms with van der Waals surface area (Å²) in [6.45, 7) is 3.22. The molecule has 2 N–H and O–H groups in total. The highest BCUT2D eigenvalue weighted by Crippen LogP contribution is 2.44. The van der Waals surface area contributed by atoms with Crippen LogP contribution in [0.15, 0.2) is 16.6 Å². The maximum atomic E-state index is 11.0. The fourth-order valence-corrected chi connectivity index (χ4v) is 3.01. The predicted molar refractivity (Wildman–Crippen MR) is 83.7 cm³/mol. The number of H-pyrrole nitrogens is 1. The van der Waals surface area contributed by atoms with E-state index in [0.717, 1.165) is 28.4 Å². The molecule has 1 aromatic carbocycles. The number of hydrogen-bond donors (Lipinski definition) is 2. The summed E-state index contributed by atoms with van der Waals surface area (Å²) in [6.07, 6.45) is 1.55. The number of nitrogens with one attached hydrogen (secondary N) is 1. The molecule has 0 spiro atoms. The first-order valence-electron chi connectivity index (χ1n) is 7.01. The zero-order valence-electron chi connectivity index (χ0n) is 12.0. The van der Waals surface area contributed by atoms with Crippen LogP contribution in [0.1, 0.15) is 29.4 Å². The summed E-state index contributed by atoms with van der Waals surface area (Å²) < 4.78 is 12.4. The number of aromatic nitrogens is 2. The van der Waals surface area contributed by atoms with Crippen LogP contribution in [0.25, 0.3) is 11.3 Å². The standard InChI is InChI=1S/C15H15BrN2O4/c1-2-8-9(11-7-12(15(19)20)18-17-11)6-10(16)14-13(8)21-4-3-5-22-14/h6-7H,2-5H2,1H3,(H,17,18)(H,19,20). The van der Waals surface area contributed by atoms with E-state index in [1.54, 1.807) is 0 Å². The summed E-state index contributed by atoms with van der Waals surface area (Å²) >= 11 is 3.50. The van der Waals surface area contributed by atoms with Crippen molar-refractivity contribution in [2.24, 2.45) is 0 Å². The van der Waals surface area contributed by atoms with Gasteiger partial charge < -0.3 is 14.6 Å². The lowest BCUT2D eigenvalue weighted by molar-refractivity contribution is 0.0690. The number of nitrogens with zero attached hydrogens (tertiary/aromatic N) is 1. The van der Waals surface area contributed by atoms with Gasteiger partial charge in [-0.3, -0.25) is 5.10 Å². The second-order valence-electron chi connectivity index (χ2n) is 4.92. The molecular weight excluding hydrogens is 352 g/mol. The smallest absolute Gasteiger partial charge is 0.353 e. The molecule has 3 rings (SSSR count). The molecule has 0 radical (unpaired) electrons. The van der Waals surface area contributed by atoms with Gasteiger partial charge in [-0.05, 0) is 34.5 Å². The number of fused-ring (bicyclic) bond motifs is 1. The second kappa shape index (κ2) is 6.00. The summed E-state index contributed by atoms with van der Waals surface area (Å²) in [5.74, 6) is 0.376. The molecule has 0 fully saturated rings. The second-order valence-corrected chi connectivity index (χ2v) is 5.77. The van der Waals surface area contributed by atoms with E-state index in [9.17, 15) is 4.79 Å². The highest BCUT2D eigenvalue weighted by molar-refractivity contribution is 9.10. The van der Waals surface area contributed by atoms with Gasteiger partial charge in [0.15, 0.2) is 11.5 Å². The van der Waals surface area contributed by atoms with Crippen LogP contribution in [0, 0.1) is 0 Å². The fourth-order valence-electron chi connectivity index (χ4n) is 2.49. The molecule has 22 heavy (non-hydrogen) atoms. The number of carboxylic acids is 1. The van der Waals surface area contributed by atoms with Crippen LogP contribution in [-0.4, -0.2) is 34.5 Å². The first-order valence-corrected chi connectivity index (χ1v) is 7.81. The summed E-state index contributed by atoms with van der Waals surface area (Å²) in [6, 6.07) is 3.42. The van der Waals surface area contributed by atoms with E-state index in [2.05, 4.69) is 26.1 Å². The first-order chi connectivity index (χ1) is 10.6. The Morgan fingerprint density at radius 3 is 2.73 bits per heavy atom. The van der Waals surface area contributed by atoms with Gasteiger partial charge in [0.25, 0.3) is 0 Å². The molecule has 0 atom stereocenters. The zero-order chi connectivity index (χ0) is 15.7. The van der Waals surface area contributed by atoms with Crippen molar-refractivity contribution in [2.75, 3.05) is 13.2 Å². The van der Waals surface area contributed by atoms with Crippen molar-refractivity contribution in [1.82, 2.24) is 10.2 Å². The SMILES string of the molecule is CCc1c(-c2cc(C(=O)O)[nH]n2)cc(Br)c2c1OCCCO2. The number of aromatic carboxylic acids is 1. The number of halogens is 1. The predicted octanol–water partition coefficient (Wildman–Crippen LogP) is 3.26. The lowest BCUT2D eigenvalue weighted by Gasteiger charge is -2.16. The van der Waals surface area contributed by atoms with Crippen molar-refractivity contribution < 1.29 is 19.4 Å². The maximum absolute atomic E-state index is 11.0. The van der Waals surface area contributed by atoms with E-state index in [-0.39, 0.29) is 5.69 Å². The molecule has 0 saturated heterocycles. The van der Waals surface area contributed by atoms with Gasteiger partial charge in [0.2, 0.25) is 0 Å². The van der Waals surface area contributed by atoms with Crippen LogP contribution >= 0.6 is 15.9 Å². The Morgan fingerprint density at radius 2 is 2.09 bits per heavy atom. The van der Waals surface area contributed by atoms with Crippen LogP contribution in [-0.2, 0) is 6.42 Å². The van der Waals surface area contributed by atoms with Crippen LogP contribution < -0.4 is 9.47 Å². The average Bonchev–Trinajstić information content (AvgIpc) is 2.86. The monoisotopic (exact) mass is 366 g/mol. The molecule has 116 valence electrons. The van der Waals surface area contributed by atoms with Crippen molar-refractivity contribution in [1.29, 1.82) is 0 Å². The number of carbonyl (C=O) groups is 1. The minimum atomic E-state index is -1.04. The van der Waals surface area contributed by atoms with Gasteiger partial charge in [0.1, 0.15) is 5.69 Å². The molecule has 0 bridgehead atoms. The van der Waals surface area contributed by atoms with Gasteiger partial charge in [0.05, 0.1) is 23.4 Å². The lowest BCUT2D eigenvalue weighted by atomic mass is 10.0. The molecule has 0 saturated carbocycles. The van der Waals surface area contributed by atoms with E-state index >= 15 is 0 Å². The molecule has 1 aliphatic heterocycles. The molecule has 0 amide bonds. The Bertz CT molecular complexity index is 727. The van der Waals surface area contributed by atoms with E-state index in [1.165, 1.54) is 6.07 Å². The minimum absolute atomic E-state index is 0.0558. The summed E-state index contributed by atoms with van der Waals surface area (Å²) in [7, 11) is 0. The Hall–Kier alpha value is -2.02. The van der Waals surface area contributed by atoms with E-state index in [4.69, 9.17) is 14.6 Å². The van der Waals surface area contributed by atoms with Crippen LogP contribution in [0.5, 0.6) is 11.5 Å². The highest BCUT2D eigenvalue weighted by atomic mass is 79.9. The Balaban J connectivity index is 2.16. The number of ether oxygens (including phenoxy) is 2. The third-order valence-corrected chi connectivity index (χ3v) is 4.10. The summed E-state index contributed by atoms with van der Waals surface area (Å²) in [4.78, 5) is 11.0. The van der Waals surface area contributed by atoms with Gasteiger partial charge in [-0.25, -0.2) is 4.79 Å². The average molecular weight is 367 g/mol. The third-order valence-electron chi connectivity index (χ3n) is 3.51. The van der Waals surface area contributed by atoms with Crippen molar-refractivity contribution >= 4 is 21.9 Å². The minimum Gasteiger partial charge on any atom is -0.489 e. The van der Waals surface area contributed by atoms with E-state index in [0.29, 0.717) is 30.4 Å². The topological polar surface area (TPSA) is 84.4 Å². The fraction of sp³-hybridized carbons (Fsp3) is 0.333. The number of hydrogen-bond acceptors (Lipinski definition) is 4. The number of aromatic amines is 1. The molecule has 6 nitrogen and oxygen atoms in total.